The van der Waals surface area contributed by atoms with E-state index < -0.39 is 10.0 Å². The summed E-state index contributed by atoms with van der Waals surface area (Å²) >= 11 is 1.49. The zero-order chi connectivity index (χ0) is 20.0. The number of amides is 1. The predicted molar refractivity (Wildman–Crippen MR) is 109 cm³/mol. The molecule has 152 valence electrons. The molecule has 1 aromatic heterocycles. The fourth-order valence-corrected chi connectivity index (χ4v) is 4.68. The lowest BCUT2D eigenvalue weighted by Crippen LogP contribution is -2.47. The molecule has 0 bridgehead atoms. The number of benzene rings is 1. The van der Waals surface area contributed by atoms with E-state index in [9.17, 15) is 13.2 Å². The van der Waals surface area contributed by atoms with Crippen LogP contribution in [-0.4, -0.2) is 58.1 Å². The van der Waals surface area contributed by atoms with Crippen LogP contribution in [0.3, 0.4) is 0 Å². The Morgan fingerprint density at radius 2 is 1.93 bits per heavy atom. The van der Waals surface area contributed by atoms with Crippen LogP contribution in [0.15, 0.2) is 46.7 Å². The third-order valence-corrected chi connectivity index (χ3v) is 6.96. The van der Waals surface area contributed by atoms with Gasteiger partial charge in [-0.25, -0.2) is 13.1 Å². The van der Waals surface area contributed by atoms with Gasteiger partial charge in [0.05, 0.1) is 18.1 Å². The molecule has 0 aliphatic carbocycles. The summed E-state index contributed by atoms with van der Waals surface area (Å²) in [6.07, 6.45) is 0. The number of hydrogen-bond acceptors (Lipinski definition) is 6. The van der Waals surface area contributed by atoms with Gasteiger partial charge in [0, 0.05) is 42.7 Å². The van der Waals surface area contributed by atoms with Gasteiger partial charge in [0.15, 0.2) is 0 Å². The van der Waals surface area contributed by atoms with Gasteiger partial charge in [-0.2, -0.15) is 0 Å². The molecule has 1 aliphatic rings. The van der Waals surface area contributed by atoms with Crippen LogP contribution in [0.4, 0.5) is 0 Å². The molecule has 2 heterocycles. The van der Waals surface area contributed by atoms with E-state index in [2.05, 4.69) is 21.9 Å². The topological polar surface area (TPSA) is 87.7 Å². The maximum atomic E-state index is 12.4. The number of thiophene rings is 1. The minimum Gasteiger partial charge on any atom is -0.379 e. The zero-order valence-electron chi connectivity index (χ0n) is 15.8. The quantitative estimate of drug-likeness (QED) is 0.675. The first kappa shape index (κ1) is 20.9. The van der Waals surface area contributed by atoms with Crippen LogP contribution in [0.1, 0.15) is 22.2 Å². The van der Waals surface area contributed by atoms with Gasteiger partial charge in [-0.3, -0.25) is 9.69 Å². The van der Waals surface area contributed by atoms with E-state index >= 15 is 0 Å². The minimum absolute atomic E-state index is 0.141. The SMILES string of the molecule is CC(CNC(=O)c1ccc(S(=O)(=O)NCc2cccs2)cc1)N1CCOCC1. The van der Waals surface area contributed by atoms with Crippen LogP contribution >= 0.6 is 11.3 Å². The summed E-state index contributed by atoms with van der Waals surface area (Å²) in [5, 5.41) is 4.81. The Hall–Kier alpha value is -1.78. The van der Waals surface area contributed by atoms with Crippen LogP contribution in [-0.2, 0) is 21.3 Å². The summed E-state index contributed by atoms with van der Waals surface area (Å²) in [6, 6.07) is 9.95. The maximum Gasteiger partial charge on any atom is 0.251 e. The van der Waals surface area contributed by atoms with Crippen molar-refractivity contribution in [1.82, 2.24) is 14.9 Å². The van der Waals surface area contributed by atoms with E-state index in [-0.39, 0.29) is 23.4 Å². The maximum absolute atomic E-state index is 12.4. The van der Waals surface area contributed by atoms with Gasteiger partial charge in [0.2, 0.25) is 10.0 Å². The fraction of sp³-hybridized carbons (Fsp3) is 0.421. The number of morpholine rings is 1. The van der Waals surface area contributed by atoms with Crippen molar-refractivity contribution in [3.63, 3.8) is 0 Å². The highest BCUT2D eigenvalue weighted by Gasteiger charge is 2.18. The number of carbonyl (C=O) groups is 1. The number of nitrogens with one attached hydrogen (secondary N) is 2. The standard InChI is InChI=1S/C19H25N3O4S2/c1-15(22-8-10-26-11-9-22)13-20-19(23)16-4-6-18(7-5-16)28(24,25)21-14-17-3-2-12-27-17/h2-7,12,15,21H,8-11,13-14H2,1H3,(H,20,23). The Bertz CT molecular complexity index is 861. The number of sulfonamides is 1. The number of carbonyl (C=O) groups excluding carboxylic acids is 1. The van der Waals surface area contributed by atoms with E-state index in [1.54, 1.807) is 0 Å². The summed E-state index contributed by atoms with van der Waals surface area (Å²) in [5.41, 5.74) is 0.436. The second kappa shape index (κ2) is 9.62. The third-order valence-electron chi connectivity index (χ3n) is 4.67. The molecule has 1 aliphatic heterocycles. The molecule has 1 fully saturated rings. The molecule has 0 radical (unpaired) electrons. The molecule has 1 saturated heterocycles. The van der Waals surface area contributed by atoms with Crippen molar-refractivity contribution < 1.29 is 17.9 Å². The Kier molecular flexibility index (Phi) is 7.19. The smallest absolute Gasteiger partial charge is 0.251 e. The van der Waals surface area contributed by atoms with Gasteiger partial charge < -0.3 is 10.1 Å². The van der Waals surface area contributed by atoms with Crippen molar-refractivity contribution in [3.8, 4) is 0 Å². The first-order chi connectivity index (χ1) is 13.5. The van der Waals surface area contributed by atoms with E-state index in [0.29, 0.717) is 12.1 Å². The highest BCUT2D eigenvalue weighted by Crippen LogP contribution is 2.13. The lowest BCUT2D eigenvalue weighted by Gasteiger charge is -2.32. The molecule has 1 unspecified atom stereocenters. The lowest BCUT2D eigenvalue weighted by atomic mass is 10.2. The molecule has 2 N–H and O–H groups in total. The molecule has 1 atom stereocenters. The van der Waals surface area contributed by atoms with Crippen molar-refractivity contribution >= 4 is 27.3 Å². The average molecular weight is 424 g/mol. The third kappa shape index (κ3) is 5.62. The van der Waals surface area contributed by atoms with Crippen LogP contribution in [0.25, 0.3) is 0 Å². The van der Waals surface area contributed by atoms with Gasteiger partial charge in [-0.15, -0.1) is 11.3 Å². The minimum atomic E-state index is -3.61. The molecule has 28 heavy (non-hydrogen) atoms. The first-order valence-corrected chi connectivity index (χ1v) is 11.5. The molecule has 9 heteroatoms. The number of ether oxygens (including phenoxy) is 1. The van der Waals surface area contributed by atoms with Crippen LogP contribution in [0.2, 0.25) is 0 Å². The average Bonchev–Trinajstić information content (AvgIpc) is 3.25. The molecule has 0 spiro atoms. The van der Waals surface area contributed by atoms with Gasteiger partial charge in [0.1, 0.15) is 0 Å². The second-order valence-electron chi connectivity index (χ2n) is 6.64. The summed E-state index contributed by atoms with van der Waals surface area (Å²) in [7, 11) is -3.61. The molecular formula is C19H25N3O4S2. The van der Waals surface area contributed by atoms with Crippen molar-refractivity contribution in [2.24, 2.45) is 0 Å². The molecule has 0 saturated carbocycles. The molecule has 7 nitrogen and oxygen atoms in total. The van der Waals surface area contributed by atoms with Crippen molar-refractivity contribution in [1.29, 1.82) is 0 Å². The van der Waals surface area contributed by atoms with Gasteiger partial charge >= 0.3 is 0 Å². The van der Waals surface area contributed by atoms with Gasteiger partial charge in [0.25, 0.3) is 5.91 Å². The number of rotatable bonds is 8. The normalized spacial score (nSPS) is 16.6. The van der Waals surface area contributed by atoms with Crippen molar-refractivity contribution in [3.05, 3.63) is 52.2 Å². The molecule has 1 aromatic carbocycles. The molecule has 1 amide bonds. The Morgan fingerprint density at radius 1 is 1.21 bits per heavy atom. The largest absolute Gasteiger partial charge is 0.379 e. The second-order valence-corrected chi connectivity index (χ2v) is 9.43. The Labute approximate surface area is 169 Å². The summed E-state index contributed by atoms with van der Waals surface area (Å²) < 4.78 is 32.7. The van der Waals surface area contributed by atoms with Crippen molar-refractivity contribution in [2.75, 3.05) is 32.8 Å². The van der Waals surface area contributed by atoms with Gasteiger partial charge in [-0.1, -0.05) is 6.07 Å². The lowest BCUT2D eigenvalue weighted by molar-refractivity contribution is 0.0204. The van der Waals surface area contributed by atoms with E-state index in [1.165, 1.54) is 35.6 Å². The number of nitrogens with zero attached hydrogens (tertiary/aromatic N) is 1. The van der Waals surface area contributed by atoms with E-state index in [4.69, 9.17) is 4.74 Å². The van der Waals surface area contributed by atoms with Gasteiger partial charge in [-0.05, 0) is 42.6 Å². The zero-order valence-corrected chi connectivity index (χ0v) is 17.4. The highest BCUT2D eigenvalue weighted by molar-refractivity contribution is 7.89. The predicted octanol–water partition coefficient (Wildman–Crippen LogP) is 1.68. The highest BCUT2D eigenvalue weighted by atomic mass is 32.2. The molecule has 3 rings (SSSR count). The number of hydrogen-bond donors (Lipinski definition) is 2. The summed E-state index contributed by atoms with van der Waals surface area (Å²) in [5.74, 6) is -0.212. The van der Waals surface area contributed by atoms with Crippen LogP contribution in [0.5, 0.6) is 0 Å². The first-order valence-electron chi connectivity index (χ1n) is 9.18. The van der Waals surface area contributed by atoms with Crippen molar-refractivity contribution in [2.45, 2.75) is 24.4 Å². The van der Waals surface area contributed by atoms with Crippen LogP contribution < -0.4 is 10.0 Å². The Morgan fingerprint density at radius 3 is 2.57 bits per heavy atom. The summed E-state index contributed by atoms with van der Waals surface area (Å²) in [4.78, 5) is 15.7. The monoisotopic (exact) mass is 423 g/mol. The van der Waals surface area contributed by atoms with Crippen LogP contribution in [0, 0.1) is 0 Å². The summed E-state index contributed by atoms with van der Waals surface area (Å²) in [6.45, 7) is 6.01. The van der Waals surface area contributed by atoms with E-state index in [0.717, 1.165) is 31.2 Å². The molecular weight excluding hydrogens is 398 g/mol. The Balaban J connectivity index is 1.53. The molecule has 2 aromatic rings. The van der Waals surface area contributed by atoms with E-state index in [1.807, 2.05) is 17.5 Å². The fourth-order valence-electron chi connectivity index (χ4n) is 2.94.